The molecule has 0 heterocycles. The van der Waals surface area contributed by atoms with Crippen molar-refractivity contribution in [2.75, 3.05) is 24.5 Å². The van der Waals surface area contributed by atoms with Crippen LogP contribution in [0.5, 0.6) is 0 Å². The van der Waals surface area contributed by atoms with Crippen LogP contribution in [0.3, 0.4) is 0 Å². The molecular formula is C13H16F2N2O2. The molecule has 0 aromatic heterocycles. The van der Waals surface area contributed by atoms with Crippen molar-refractivity contribution in [3.05, 3.63) is 29.3 Å². The van der Waals surface area contributed by atoms with E-state index in [-0.39, 0.29) is 30.2 Å². The number of aldehydes is 1. The molecule has 0 unspecified atom stereocenters. The second-order valence-corrected chi connectivity index (χ2v) is 3.92. The fourth-order valence-corrected chi connectivity index (χ4v) is 1.73. The van der Waals surface area contributed by atoms with Gasteiger partial charge in [0.05, 0.1) is 6.54 Å². The number of benzene rings is 1. The highest BCUT2D eigenvalue weighted by molar-refractivity contribution is 5.82. The third kappa shape index (κ3) is 3.74. The lowest BCUT2D eigenvalue weighted by atomic mass is 10.2. The van der Waals surface area contributed by atoms with Gasteiger partial charge in [-0.15, -0.1) is 0 Å². The molecule has 1 aromatic carbocycles. The first-order valence-electron chi connectivity index (χ1n) is 5.99. The van der Waals surface area contributed by atoms with E-state index < -0.39 is 11.6 Å². The van der Waals surface area contributed by atoms with Crippen LogP contribution in [0.2, 0.25) is 0 Å². The summed E-state index contributed by atoms with van der Waals surface area (Å²) >= 11 is 0. The highest BCUT2D eigenvalue weighted by atomic mass is 19.1. The molecular weight excluding hydrogens is 254 g/mol. The average Bonchev–Trinajstić information content (AvgIpc) is 2.36. The first-order chi connectivity index (χ1) is 9.03. The fraction of sp³-hybridized carbons (Fsp3) is 0.385. The van der Waals surface area contributed by atoms with E-state index in [0.717, 1.165) is 12.1 Å². The summed E-state index contributed by atoms with van der Waals surface area (Å²) < 4.78 is 27.6. The number of nitrogens with one attached hydrogen (secondary N) is 1. The SMILES string of the molecule is CCNC(=O)CN(CC)c1c(F)cc(C=O)cc1F. The van der Waals surface area contributed by atoms with Crippen LogP contribution >= 0.6 is 0 Å². The lowest BCUT2D eigenvalue weighted by Crippen LogP contribution is -2.38. The molecule has 104 valence electrons. The Labute approximate surface area is 110 Å². The van der Waals surface area contributed by atoms with Crippen molar-refractivity contribution in [2.24, 2.45) is 0 Å². The minimum atomic E-state index is -0.853. The third-order valence-electron chi connectivity index (χ3n) is 2.58. The van der Waals surface area contributed by atoms with Gasteiger partial charge in [-0.3, -0.25) is 9.59 Å². The number of anilines is 1. The minimum absolute atomic E-state index is 0.0761. The van der Waals surface area contributed by atoms with E-state index in [1.807, 2.05) is 0 Å². The average molecular weight is 270 g/mol. The maximum absolute atomic E-state index is 13.8. The number of carbonyl (C=O) groups is 2. The maximum Gasteiger partial charge on any atom is 0.239 e. The highest BCUT2D eigenvalue weighted by Gasteiger charge is 2.19. The van der Waals surface area contributed by atoms with Gasteiger partial charge in [0, 0.05) is 18.7 Å². The van der Waals surface area contributed by atoms with Gasteiger partial charge in [-0.25, -0.2) is 8.78 Å². The summed E-state index contributed by atoms with van der Waals surface area (Å²) in [7, 11) is 0. The summed E-state index contributed by atoms with van der Waals surface area (Å²) in [6.45, 7) is 4.02. The summed E-state index contributed by atoms with van der Waals surface area (Å²) in [6.07, 6.45) is 0.371. The molecule has 0 spiro atoms. The van der Waals surface area contributed by atoms with Crippen LogP contribution < -0.4 is 10.2 Å². The van der Waals surface area contributed by atoms with Gasteiger partial charge in [0.15, 0.2) is 0 Å². The Bertz CT molecular complexity index is 455. The highest BCUT2D eigenvalue weighted by Crippen LogP contribution is 2.24. The van der Waals surface area contributed by atoms with Crippen molar-refractivity contribution < 1.29 is 18.4 Å². The first-order valence-corrected chi connectivity index (χ1v) is 5.99. The summed E-state index contributed by atoms with van der Waals surface area (Å²) in [5.41, 5.74) is -0.368. The van der Waals surface area contributed by atoms with Crippen molar-refractivity contribution in [2.45, 2.75) is 13.8 Å². The number of hydrogen-bond donors (Lipinski definition) is 1. The van der Waals surface area contributed by atoms with Gasteiger partial charge in [0.25, 0.3) is 0 Å². The smallest absolute Gasteiger partial charge is 0.239 e. The first kappa shape index (κ1) is 15.1. The Balaban J connectivity index is 3.04. The van der Waals surface area contributed by atoms with Gasteiger partial charge in [0.2, 0.25) is 5.91 Å². The third-order valence-corrected chi connectivity index (χ3v) is 2.58. The van der Waals surface area contributed by atoms with E-state index in [1.54, 1.807) is 13.8 Å². The second kappa shape index (κ2) is 6.82. The number of amides is 1. The van der Waals surface area contributed by atoms with Crippen molar-refractivity contribution in [1.29, 1.82) is 0 Å². The molecule has 0 atom stereocenters. The summed E-state index contributed by atoms with van der Waals surface area (Å²) in [4.78, 5) is 23.3. The number of halogens is 2. The van der Waals surface area contributed by atoms with Crippen molar-refractivity contribution in [3.63, 3.8) is 0 Å². The Morgan fingerprint density at radius 2 is 1.89 bits per heavy atom. The van der Waals surface area contributed by atoms with Gasteiger partial charge in [0.1, 0.15) is 23.6 Å². The summed E-state index contributed by atoms with van der Waals surface area (Å²) in [6, 6.07) is 1.90. The van der Waals surface area contributed by atoms with Crippen LogP contribution in [-0.2, 0) is 4.79 Å². The lowest BCUT2D eigenvalue weighted by Gasteiger charge is -2.23. The number of likely N-dealkylation sites (N-methyl/N-ethyl adjacent to an activating group) is 2. The number of carbonyl (C=O) groups excluding carboxylic acids is 2. The lowest BCUT2D eigenvalue weighted by molar-refractivity contribution is -0.119. The van der Waals surface area contributed by atoms with Crippen LogP contribution in [0, 0.1) is 11.6 Å². The molecule has 0 saturated carbocycles. The predicted molar refractivity (Wildman–Crippen MR) is 68.3 cm³/mol. The molecule has 1 N–H and O–H groups in total. The van der Waals surface area contributed by atoms with Crippen LogP contribution in [0.15, 0.2) is 12.1 Å². The molecule has 1 amide bonds. The van der Waals surface area contributed by atoms with E-state index in [1.165, 1.54) is 4.90 Å². The van der Waals surface area contributed by atoms with Gasteiger partial charge in [-0.05, 0) is 26.0 Å². The Hall–Kier alpha value is -1.98. The molecule has 6 heteroatoms. The zero-order chi connectivity index (χ0) is 14.4. The van der Waals surface area contributed by atoms with Gasteiger partial charge >= 0.3 is 0 Å². The minimum Gasteiger partial charge on any atom is -0.358 e. The van der Waals surface area contributed by atoms with Gasteiger partial charge in [-0.2, -0.15) is 0 Å². The largest absolute Gasteiger partial charge is 0.358 e. The van der Waals surface area contributed by atoms with E-state index in [2.05, 4.69) is 5.32 Å². The molecule has 0 aliphatic heterocycles. The molecule has 0 aliphatic rings. The van der Waals surface area contributed by atoms with E-state index in [9.17, 15) is 18.4 Å². The monoisotopic (exact) mass is 270 g/mol. The number of hydrogen-bond acceptors (Lipinski definition) is 3. The van der Waals surface area contributed by atoms with Gasteiger partial charge in [-0.1, -0.05) is 0 Å². The molecule has 0 fully saturated rings. The van der Waals surface area contributed by atoms with Crippen molar-refractivity contribution in [3.8, 4) is 0 Å². The predicted octanol–water partition coefficient (Wildman–Crippen LogP) is 1.74. The van der Waals surface area contributed by atoms with Crippen molar-refractivity contribution >= 4 is 17.9 Å². The second-order valence-electron chi connectivity index (χ2n) is 3.92. The van der Waals surface area contributed by atoms with E-state index in [4.69, 9.17) is 0 Å². The number of nitrogens with zero attached hydrogens (tertiary/aromatic N) is 1. The Morgan fingerprint density at radius 3 is 2.32 bits per heavy atom. The molecule has 19 heavy (non-hydrogen) atoms. The summed E-state index contributed by atoms with van der Waals surface area (Å²) in [5, 5.41) is 2.56. The maximum atomic E-state index is 13.8. The van der Waals surface area contributed by atoms with Gasteiger partial charge < -0.3 is 10.2 Å². The van der Waals surface area contributed by atoms with E-state index >= 15 is 0 Å². The Kier molecular flexibility index (Phi) is 5.41. The van der Waals surface area contributed by atoms with Crippen LogP contribution in [0.1, 0.15) is 24.2 Å². The quantitative estimate of drug-likeness (QED) is 0.801. The molecule has 4 nitrogen and oxygen atoms in total. The molecule has 0 aliphatic carbocycles. The molecule has 0 bridgehead atoms. The van der Waals surface area contributed by atoms with Crippen molar-refractivity contribution in [1.82, 2.24) is 5.32 Å². The topological polar surface area (TPSA) is 49.4 Å². The zero-order valence-electron chi connectivity index (χ0n) is 10.9. The van der Waals surface area contributed by atoms with E-state index in [0.29, 0.717) is 12.8 Å². The fourth-order valence-electron chi connectivity index (χ4n) is 1.73. The Morgan fingerprint density at radius 1 is 1.32 bits per heavy atom. The molecule has 1 aromatic rings. The standard InChI is InChI=1S/C13H16F2N2O2/c1-3-16-12(19)7-17(4-2)13-10(14)5-9(8-18)6-11(13)15/h5-6,8H,3-4,7H2,1-2H3,(H,16,19). The normalized spacial score (nSPS) is 10.1. The van der Waals surface area contributed by atoms with Crippen LogP contribution in [0.25, 0.3) is 0 Å². The summed E-state index contributed by atoms with van der Waals surface area (Å²) in [5.74, 6) is -2.02. The van der Waals surface area contributed by atoms with Crippen LogP contribution in [-0.4, -0.2) is 31.8 Å². The number of rotatable bonds is 6. The van der Waals surface area contributed by atoms with Crippen LogP contribution in [0.4, 0.5) is 14.5 Å². The molecule has 1 rings (SSSR count). The zero-order valence-corrected chi connectivity index (χ0v) is 10.9. The molecule has 0 radical (unpaired) electrons. The molecule has 0 saturated heterocycles.